The molecule has 4 heteroatoms. The van der Waals surface area contributed by atoms with Crippen LogP contribution in [0.5, 0.6) is 0 Å². The van der Waals surface area contributed by atoms with Gasteiger partial charge in [-0.1, -0.05) is 28.1 Å². The van der Waals surface area contributed by atoms with Gasteiger partial charge in [-0.25, -0.2) is 4.98 Å². The lowest BCUT2D eigenvalue weighted by atomic mass is 10.2. The number of halogens is 1. The van der Waals surface area contributed by atoms with Crippen LogP contribution >= 0.6 is 15.9 Å². The molecule has 1 saturated carbocycles. The van der Waals surface area contributed by atoms with E-state index >= 15 is 0 Å². The molecule has 3 nitrogen and oxygen atoms in total. The first kappa shape index (κ1) is 13.1. The number of aryl methyl sites for hydroxylation is 1. The Morgan fingerprint density at radius 3 is 2.89 bits per heavy atom. The lowest BCUT2D eigenvalue weighted by Gasteiger charge is -2.19. The lowest BCUT2D eigenvalue weighted by Crippen LogP contribution is -2.37. The number of hydrogen-bond donors (Lipinski definition) is 1. The molecular weight excluding hydrogens is 302 g/mol. The van der Waals surface area contributed by atoms with Crippen molar-refractivity contribution in [3.8, 4) is 0 Å². The van der Waals surface area contributed by atoms with Gasteiger partial charge in [0.25, 0.3) is 0 Å². The highest BCUT2D eigenvalue weighted by atomic mass is 79.9. The van der Waals surface area contributed by atoms with Crippen molar-refractivity contribution in [3.05, 3.63) is 30.1 Å². The molecule has 102 valence electrons. The molecule has 0 saturated heterocycles. The molecule has 1 aromatic heterocycles. The van der Waals surface area contributed by atoms with Gasteiger partial charge in [0, 0.05) is 23.5 Å². The van der Waals surface area contributed by atoms with E-state index in [9.17, 15) is 0 Å². The van der Waals surface area contributed by atoms with Crippen molar-refractivity contribution in [1.29, 1.82) is 0 Å². The maximum atomic E-state index is 4.60. The predicted molar refractivity (Wildman–Crippen MR) is 82.8 cm³/mol. The largest absolute Gasteiger partial charge is 0.327 e. The monoisotopic (exact) mass is 321 g/mol. The van der Waals surface area contributed by atoms with E-state index in [2.05, 4.69) is 62.8 Å². The van der Waals surface area contributed by atoms with Crippen LogP contribution in [0.3, 0.4) is 0 Å². The molecule has 1 unspecified atom stereocenters. The number of rotatable bonds is 5. The Morgan fingerprint density at radius 2 is 2.16 bits per heavy atom. The Morgan fingerprint density at radius 1 is 1.42 bits per heavy atom. The molecule has 0 bridgehead atoms. The zero-order valence-electron chi connectivity index (χ0n) is 11.5. The summed E-state index contributed by atoms with van der Waals surface area (Å²) >= 11 is 3.81. The normalized spacial score (nSPS) is 18.7. The molecule has 3 rings (SSSR count). The SMILES string of the molecule is Cc1nc2ccccc2n1CCNC(C)C1(Br)CC1. The van der Waals surface area contributed by atoms with Gasteiger partial charge < -0.3 is 9.88 Å². The summed E-state index contributed by atoms with van der Waals surface area (Å²) in [6.45, 7) is 6.30. The van der Waals surface area contributed by atoms with Crippen molar-refractivity contribution in [2.75, 3.05) is 6.54 Å². The molecule has 0 aliphatic heterocycles. The van der Waals surface area contributed by atoms with Crippen molar-refractivity contribution in [2.24, 2.45) is 0 Å². The third-order valence-corrected chi connectivity index (χ3v) is 5.61. The summed E-state index contributed by atoms with van der Waals surface area (Å²) in [6.07, 6.45) is 2.57. The van der Waals surface area contributed by atoms with Crippen molar-refractivity contribution in [2.45, 2.75) is 43.6 Å². The van der Waals surface area contributed by atoms with Crippen LogP contribution in [0.25, 0.3) is 11.0 Å². The highest BCUT2D eigenvalue weighted by Gasteiger charge is 2.44. The number of nitrogens with zero attached hydrogens (tertiary/aromatic N) is 2. The Kier molecular flexibility index (Phi) is 3.39. The second-order valence-corrected chi connectivity index (χ2v) is 7.09. The van der Waals surface area contributed by atoms with Crippen LogP contribution in [-0.2, 0) is 6.54 Å². The third kappa shape index (κ3) is 2.56. The molecule has 1 aromatic carbocycles. The summed E-state index contributed by atoms with van der Waals surface area (Å²) in [5.41, 5.74) is 2.32. The number of imidazole rings is 1. The van der Waals surface area contributed by atoms with Crippen LogP contribution in [0.1, 0.15) is 25.6 Å². The van der Waals surface area contributed by atoms with Crippen molar-refractivity contribution >= 4 is 27.0 Å². The fourth-order valence-corrected chi connectivity index (χ4v) is 2.97. The van der Waals surface area contributed by atoms with E-state index < -0.39 is 0 Å². The van der Waals surface area contributed by atoms with Gasteiger partial charge in [-0.15, -0.1) is 0 Å². The number of benzene rings is 1. The summed E-state index contributed by atoms with van der Waals surface area (Å²) in [7, 11) is 0. The van der Waals surface area contributed by atoms with Crippen LogP contribution in [0.15, 0.2) is 24.3 Å². The molecule has 2 aromatic rings. The van der Waals surface area contributed by atoms with Crippen LogP contribution in [0.2, 0.25) is 0 Å². The van der Waals surface area contributed by atoms with Gasteiger partial charge in [0.2, 0.25) is 0 Å². The second kappa shape index (κ2) is 4.91. The average Bonchev–Trinajstić information content (AvgIpc) is 3.07. The van der Waals surface area contributed by atoms with Crippen LogP contribution in [0, 0.1) is 6.92 Å². The van der Waals surface area contributed by atoms with Crippen molar-refractivity contribution in [3.63, 3.8) is 0 Å². The summed E-state index contributed by atoms with van der Waals surface area (Å²) in [5, 5.41) is 3.62. The molecule has 1 atom stereocenters. The van der Waals surface area contributed by atoms with Gasteiger partial charge in [-0.2, -0.15) is 0 Å². The molecule has 1 aliphatic rings. The summed E-state index contributed by atoms with van der Waals surface area (Å²) in [4.78, 5) is 4.60. The highest BCUT2D eigenvalue weighted by Crippen LogP contribution is 2.47. The Balaban J connectivity index is 1.66. The molecule has 1 N–H and O–H groups in total. The van der Waals surface area contributed by atoms with Gasteiger partial charge in [0.1, 0.15) is 5.82 Å². The first-order chi connectivity index (χ1) is 9.10. The van der Waals surface area contributed by atoms with Crippen molar-refractivity contribution < 1.29 is 0 Å². The minimum Gasteiger partial charge on any atom is -0.327 e. The number of aromatic nitrogens is 2. The first-order valence-corrected chi connectivity index (χ1v) is 7.74. The molecule has 0 spiro atoms. The van der Waals surface area contributed by atoms with E-state index in [0.29, 0.717) is 10.4 Å². The number of nitrogens with one attached hydrogen (secondary N) is 1. The second-order valence-electron chi connectivity index (χ2n) is 5.51. The molecular formula is C15H20BrN3. The lowest BCUT2D eigenvalue weighted by molar-refractivity contribution is 0.499. The number of para-hydroxylation sites is 2. The minimum absolute atomic E-state index is 0.360. The third-order valence-electron chi connectivity index (χ3n) is 4.14. The fraction of sp³-hybridized carbons (Fsp3) is 0.533. The van der Waals surface area contributed by atoms with Crippen LogP contribution in [0.4, 0.5) is 0 Å². The quantitative estimate of drug-likeness (QED) is 0.857. The Hall–Kier alpha value is -0.870. The zero-order valence-corrected chi connectivity index (χ0v) is 13.1. The topological polar surface area (TPSA) is 29.9 Å². The molecule has 1 fully saturated rings. The molecule has 19 heavy (non-hydrogen) atoms. The first-order valence-electron chi connectivity index (χ1n) is 6.94. The van der Waals surface area contributed by atoms with Crippen LogP contribution in [-0.4, -0.2) is 26.5 Å². The molecule has 1 heterocycles. The van der Waals surface area contributed by atoms with Crippen LogP contribution < -0.4 is 5.32 Å². The van der Waals surface area contributed by atoms with E-state index in [0.717, 1.165) is 24.4 Å². The van der Waals surface area contributed by atoms with E-state index in [1.165, 1.54) is 18.4 Å². The van der Waals surface area contributed by atoms with E-state index in [1.54, 1.807) is 0 Å². The number of hydrogen-bond acceptors (Lipinski definition) is 2. The fourth-order valence-electron chi connectivity index (χ4n) is 2.61. The van der Waals surface area contributed by atoms with Gasteiger partial charge in [0.05, 0.1) is 11.0 Å². The van der Waals surface area contributed by atoms with Gasteiger partial charge in [0.15, 0.2) is 0 Å². The maximum Gasteiger partial charge on any atom is 0.106 e. The average molecular weight is 322 g/mol. The molecule has 0 amide bonds. The van der Waals surface area contributed by atoms with Gasteiger partial charge >= 0.3 is 0 Å². The number of alkyl halides is 1. The summed E-state index contributed by atoms with van der Waals surface area (Å²) in [6, 6.07) is 8.87. The predicted octanol–water partition coefficient (Wildman–Crippen LogP) is 3.25. The summed E-state index contributed by atoms with van der Waals surface area (Å²) in [5.74, 6) is 1.09. The molecule has 1 aliphatic carbocycles. The highest BCUT2D eigenvalue weighted by molar-refractivity contribution is 9.10. The Labute approximate surface area is 122 Å². The standard InChI is InChI=1S/C15H20BrN3/c1-11(15(16)7-8-15)17-9-10-19-12(2)18-13-5-3-4-6-14(13)19/h3-6,11,17H,7-10H2,1-2H3. The smallest absolute Gasteiger partial charge is 0.106 e. The van der Waals surface area contributed by atoms with E-state index in [4.69, 9.17) is 0 Å². The zero-order chi connectivity index (χ0) is 13.5. The summed E-state index contributed by atoms with van der Waals surface area (Å²) < 4.78 is 2.65. The number of fused-ring (bicyclic) bond motifs is 1. The van der Waals surface area contributed by atoms with Gasteiger partial charge in [-0.3, -0.25) is 0 Å². The molecule has 0 radical (unpaired) electrons. The van der Waals surface area contributed by atoms with E-state index in [-0.39, 0.29) is 0 Å². The van der Waals surface area contributed by atoms with Crippen molar-refractivity contribution in [1.82, 2.24) is 14.9 Å². The minimum atomic E-state index is 0.360. The Bertz CT molecular complexity index is 586. The maximum absolute atomic E-state index is 4.60. The van der Waals surface area contributed by atoms with E-state index in [1.807, 2.05) is 6.07 Å². The van der Waals surface area contributed by atoms with Gasteiger partial charge in [-0.05, 0) is 38.8 Å².